The number of aromatic nitrogens is 4. The molecule has 1 saturated heterocycles. The molecule has 2 aliphatic rings. The van der Waals surface area contributed by atoms with Crippen molar-refractivity contribution in [3.8, 4) is 0 Å². The van der Waals surface area contributed by atoms with Crippen LogP contribution in [0.2, 0.25) is 0 Å². The summed E-state index contributed by atoms with van der Waals surface area (Å²) in [6.07, 6.45) is 3.95. The zero-order valence-electron chi connectivity index (χ0n) is 14.1. The molecule has 3 heterocycles. The molecule has 8 nitrogen and oxygen atoms in total. The van der Waals surface area contributed by atoms with Gasteiger partial charge in [-0.25, -0.2) is 17.8 Å². The fourth-order valence-corrected chi connectivity index (χ4v) is 4.61. The zero-order valence-corrected chi connectivity index (χ0v) is 15.0. The van der Waals surface area contributed by atoms with E-state index >= 15 is 4.39 Å². The fraction of sp³-hybridized carbons (Fsp3) is 0.667. The average molecular weight is 369 g/mol. The van der Waals surface area contributed by atoms with Gasteiger partial charge in [0.25, 0.3) is 15.9 Å². The number of hydrogen-bond donors (Lipinski definition) is 0. The Morgan fingerprint density at radius 2 is 2.12 bits per heavy atom. The van der Waals surface area contributed by atoms with Gasteiger partial charge in [0.15, 0.2) is 10.9 Å². The van der Waals surface area contributed by atoms with Crippen LogP contribution in [0.25, 0.3) is 0 Å². The highest BCUT2D eigenvalue weighted by molar-refractivity contribution is 7.89. The molecule has 2 fully saturated rings. The first-order chi connectivity index (χ1) is 11.8. The molecule has 1 unspecified atom stereocenters. The van der Waals surface area contributed by atoms with Gasteiger partial charge in [0.1, 0.15) is 5.82 Å². The van der Waals surface area contributed by atoms with Crippen LogP contribution < -0.4 is 0 Å². The minimum atomic E-state index is -3.87. The number of aryl methyl sites for hydroxylation is 2. The van der Waals surface area contributed by atoms with Gasteiger partial charge in [0.2, 0.25) is 5.67 Å². The molecule has 0 N–H and O–H groups in total. The van der Waals surface area contributed by atoms with Gasteiger partial charge in [-0.15, -0.1) is 0 Å². The Kier molecular flexibility index (Phi) is 3.73. The number of hydrogen-bond acceptors (Lipinski definition) is 6. The lowest BCUT2D eigenvalue weighted by atomic mass is 9.96. The van der Waals surface area contributed by atoms with E-state index in [1.54, 1.807) is 18.5 Å². The second-order valence-corrected chi connectivity index (χ2v) is 8.76. The van der Waals surface area contributed by atoms with Gasteiger partial charge in [-0.3, -0.25) is 0 Å². The summed E-state index contributed by atoms with van der Waals surface area (Å²) in [6, 6.07) is 0. The normalized spacial score (nSPS) is 25.4. The Morgan fingerprint density at radius 1 is 1.36 bits per heavy atom. The van der Waals surface area contributed by atoms with Crippen molar-refractivity contribution in [2.45, 2.75) is 49.2 Å². The predicted molar refractivity (Wildman–Crippen MR) is 85.0 cm³/mol. The van der Waals surface area contributed by atoms with E-state index in [-0.39, 0.29) is 36.3 Å². The van der Waals surface area contributed by atoms with Gasteiger partial charge in [0, 0.05) is 25.7 Å². The molecule has 2 aromatic rings. The summed E-state index contributed by atoms with van der Waals surface area (Å²) in [5.41, 5.74) is -1.96. The monoisotopic (exact) mass is 369 g/mol. The van der Waals surface area contributed by atoms with E-state index in [1.807, 2.05) is 0 Å². The molecule has 136 valence electrons. The maximum Gasteiger partial charge on any atom is 0.265 e. The summed E-state index contributed by atoms with van der Waals surface area (Å²) in [6.45, 7) is 1.62. The summed E-state index contributed by atoms with van der Waals surface area (Å²) >= 11 is 0. The third-order valence-electron chi connectivity index (χ3n) is 4.87. The number of rotatable bonds is 4. The van der Waals surface area contributed by atoms with Crippen molar-refractivity contribution in [3.05, 3.63) is 23.7 Å². The van der Waals surface area contributed by atoms with Gasteiger partial charge in [-0.1, -0.05) is 5.16 Å². The second-order valence-electron chi connectivity index (χ2n) is 6.88. The van der Waals surface area contributed by atoms with Gasteiger partial charge in [0.05, 0.1) is 6.54 Å². The molecule has 1 aliphatic carbocycles. The van der Waals surface area contributed by atoms with Crippen molar-refractivity contribution in [1.82, 2.24) is 24.0 Å². The molecule has 0 radical (unpaired) electrons. The molecule has 0 aromatic carbocycles. The molecule has 25 heavy (non-hydrogen) atoms. The molecule has 1 aliphatic heterocycles. The van der Waals surface area contributed by atoms with Crippen molar-refractivity contribution < 1.29 is 17.3 Å². The summed E-state index contributed by atoms with van der Waals surface area (Å²) in [7, 11) is -2.15. The predicted octanol–water partition coefficient (Wildman–Crippen LogP) is 1.64. The van der Waals surface area contributed by atoms with Crippen molar-refractivity contribution in [1.29, 1.82) is 0 Å². The Labute approximate surface area is 145 Å². The van der Waals surface area contributed by atoms with Crippen LogP contribution in [0, 0.1) is 6.92 Å². The van der Waals surface area contributed by atoms with E-state index in [0.29, 0.717) is 18.1 Å². The van der Waals surface area contributed by atoms with Crippen LogP contribution in [0.4, 0.5) is 4.39 Å². The number of alkyl halides is 1. The number of imidazole rings is 1. The molecular formula is C15H20FN5O3S. The zero-order chi connectivity index (χ0) is 17.8. The molecule has 0 bridgehead atoms. The highest BCUT2D eigenvalue weighted by Crippen LogP contribution is 2.41. The minimum Gasteiger partial charge on any atom is -0.337 e. The van der Waals surface area contributed by atoms with Gasteiger partial charge < -0.3 is 9.09 Å². The van der Waals surface area contributed by atoms with E-state index in [4.69, 9.17) is 4.52 Å². The highest BCUT2D eigenvalue weighted by atomic mass is 32.2. The number of halogens is 1. The molecule has 1 atom stereocenters. The number of sulfonamides is 1. The Balaban J connectivity index is 1.61. The summed E-state index contributed by atoms with van der Waals surface area (Å²) in [4.78, 5) is 8.25. The van der Waals surface area contributed by atoms with Crippen LogP contribution in [0.1, 0.15) is 49.1 Å². The molecule has 2 aromatic heterocycles. The minimum absolute atomic E-state index is 0.0686. The lowest BCUT2D eigenvalue weighted by Gasteiger charge is -2.33. The Morgan fingerprint density at radius 3 is 2.76 bits per heavy atom. The van der Waals surface area contributed by atoms with E-state index < -0.39 is 15.7 Å². The third-order valence-corrected chi connectivity index (χ3v) is 6.58. The molecule has 4 rings (SSSR count). The maximum atomic E-state index is 15.5. The summed E-state index contributed by atoms with van der Waals surface area (Å²) in [5, 5.41) is 3.78. The van der Waals surface area contributed by atoms with Crippen molar-refractivity contribution in [3.63, 3.8) is 0 Å². The van der Waals surface area contributed by atoms with Crippen molar-refractivity contribution in [2.75, 3.05) is 13.1 Å². The van der Waals surface area contributed by atoms with Crippen LogP contribution >= 0.6 is 0 Å². The molecule has 0 amide bonds. The first-order valence-corrected chi connectivity index (χ1v) is 9.77. The Bertz CT molecular complexity index is 885. The number of piperidine rings is 1. The molecule has 10 heteroatoms. The first-order valence-electron chi connectivity index (χ1n) is 8.33. The summed E-state index contributed by atoms with van der Waals surface area (Å²) < 4.78 is 48.9. The van der Waals surface area contributed by atoms with Crippen molar-refractivity contribution in [2.24, 2.45) is 7.05 Å². The first kappa shape index (κ1) is 16.6. The molecule has 0 spiro atoms. The number of nitrogens with zero attached hydrogens (tertiary/aromatic N) is 5. The van der Waals surface area contributed by atoms with E-state index in [2.05, 4.69) is 15.1 Å². The smallest absolute Gasteiger partial charge is 0.265 e. The van der Waals surface area contributed by atoms with E-state index in [9.17, 15) is 8.42 Å². The lowest BCUT2D eigenvalue weighted by Crippen LogP contribution is -2.46. The molecule has 1 saturated carbocycles. The standard InChI is InChI=1S/C15H20FN5O3S/c1-10-17-12(8-20(10)2)25(22,23)21-7-3-6-15(16,9-21)14-18-13(19-24-14)11-4-5-11/h8,11H,3-7,9H2,1-2H3. The average Bonchev–Trinajstić information content (AvgIpc) is 3.19. The fourth-order valence-electron chi connectivity index (χ4n) is 3.06. The van der Waals surface area contributed by atoms with Crippen LogP contribution in [-0.4, -0.2) is 45.5 Å². The topological polar surface area (TPSA) is 94.1 Å². The highest BCUT2D eigenvalue weighted by Gasteiger charge is 2.47. The van der Waals surface area contributed by atoms with E-state index in [1.165, 1.54) is 6.20 Å². The van der Waals surface area contributed by atoms with Crippen LogP contribution in [0.3, 0.4) is 0 Å². The lowest BCUT2D eigenvalue weighted by molar-refractivity contribution is 0.0469. The SMILES string of the molecule is Cc1nc(S(=O)(=O)N2CCCC(F)(c3nc(C4CC4)no3)C2)cn1C. The second kappa shape index (κ2) is 5.60. The van der Waals surface area contributed by atoms with Crippen LogP contribution in [-0.2, 0) is 22.7 Å². The van der Waals surface area contributed by atoms with Crippen molar-refractivity contribution >= 4 is 10.0 Å². The quantitative estimate of drug-likeness (QED) is 0.813. The van der Waals surface area contributed by atoms with Gasteiger partial charge >= 0.3 is 0 Å². The Hall–Kier alpha value is -1.81. The van der Waals surface area contributed by atoms with Gasteiger partial charge in [-0.05, 0) is 32.6 Å². The van der Waals surface area contributed by atoms with Crippen LogP contribution in [0.5, 0.6) is 0 Å². The third kappa shape index (κ3) is 2.86. The molecular weight excluding hydrogens is 349 g/mol. The van der Waals surface area contributed by atoms with Crippen LogP contribution in [0.15, 0.2) is 15.7 Å². The van der Waals surface area contributed by atoms with E-state index in [0.717, 1.165) is 17.1 Å². The maximum absolute atomic E-state index is 15.5. The van der Waals surface area contributed by atoms with Gasteiger partial charge in [-0.2, -0.15) is 9.29 Å². The summed E-state index contributed by atoms with van der Waals surface area (Å²) in [5.74, 6) is 1.23. The largest absolute Gasteiger partial charge is 0.337 e.